The number of amides is 2. The number of hydrogen-bond acceptors (Lipinski definition) is 6. The monoisotopic (exact) mass is 491 g/mol. The lowest BCUT2D eigenvalue weighted by Crippen LogP contribution is -2.21. The normalized spacial score (nSPS) is 11.2. The van der Waals surface area contributed by atoms with Gasteiger partial charge in [-0.2, -0.15) is 0 Å². The molecule has 0 radical (unpaired) electrons. The second kappa shape index (κ2) is 10.2. The molecule has 0 fully saturated rings. The van der Waals surface area contributed by atoms with Crippen molar-refractivity contribution in [1.29, 1.82) is 0 Å². The van der Waals surface area contributed by atoms with Crippen molar-refractivity contribution in [2.75, 3.05) is 18.1 Å². The van der Waals surface area contributed by atoms with Gasteiger partial charge in [0.25, 0.3) is 5.91 Å². The molecule has 0 aliphatic heterocycles. The number of carbonyl (C=O) groups excluding carboxylic acids is 2. The summed E-state index contributed by atoms with van der Waals surface area (Å²) >= 11 is 7.35. The van der Waals surface area contributed by atoms with E-state index in [4.69, 9.17) is 11.6 Å². The van der Waals surface area contributed by atoms with Crippen molar-refractivity contribution < 1.29 is 18.0 Å². The number of carbonyl (C=O) groups is 2. The maximum Gasteiger partial charge on any atom is 0.259 e. The van der Waals surface area contributed by atoms with Crippen LogP contribution in [0.1, 0.15) is 29.3 Å². The van der Waals surface area contributed by atoms with Crippen LogP contribution in [0.25, 0.3) is 11.3 Å². The average molecular weight is 492 g/mol. The summed E-state index contributed by atoms with van der Waals surface area (Å²) in [6, 6.07) is 11.9. The number of aromatic nitrogens is 1. The van der Waals surface area contributed by atoms with Crippen molar-refractivity contribution in [2.24, 2.45) is 0 Å². The smallest absolute Gasteiger partial charge is 0.259 e. The lowest BCUT2D eigenvalue weighted by molar-refractivity contribution is -0.118. The minimum atomic E-state index is -3.47. The molecule has 1 heterocycles. The first-order valence-corrected chi connectivity index (χ1v) is 12.9. The van der Waals surface area contributed by atoms with Crippen LogP contribution in [-0.2, 0) is 21.1 Å². The van der Waals surface area contributed by atoms with E-state index in [-0.39, 0.29) is 21.4 Å². The van der Waals surface area contributed by atoms with E-state index in [0.717, 1.165) is 30.2 Å². The van der Waals surface area contributed by atoms with Gasteiger partial charge in [0.15, 0.2) is 15.0 Å². The number of hydrogen-bond donors (Lipinski definition) is 2. The Kier molecular flexibility index (Phi) is 7.65. The molecule has 0 bridgehead atoms. The highest BCUT2D eigenvalue weighted by atomic mass is 35.5. The number of halogens is 1. The number of nitrogens with one attached hydrogen (secondary N) is 2. The fourth-order valence-electron chi connectivity index (χ4n) is 2.94. The Bertz CT molecular complexity index is 1240. The van der Waals surface area contributed by atoms with E-state index in [1.807, 2.05) is 29.6 Å². The molecule has 0 saturated heterocycles. The molecule has 32 heavy (non-hydrogen) atoms. The summed E-state index contributed by atoms with van der Waals surface area (Å²) in [4.78, 5) is 28.0. The van der Waals surface area contributed by atoms with Crippen LogP contribution in [0.2, 0.25) is 5.02 Å². The number of anilines is 1. The Labute approximate surface area is 195 Å². The zero-order chi connectivity index (χ0) is 23.3. The number of sulfone groups is 1. The Balaban J connectivity index is 1.66. The van der Waals surface area contributed by atoms with E-state index in [9.17, 15) is 18.0 Å². The minimum Gasteiger partial charge on any atom is -0.356 e. The zero-order valence-corrected chi connectivity index (χ0v) is 19.9. The van der Waals surface area contributed by atoms with Crippen molar-refractivity contribution in [3.63, 3.8) is 0 Å². The van der Waals surface area contributed by atoms with Gasteiger partial charge in [-0.15, -0.1) is 11.3 Å². The van der Waals surface area contributed by atoms with Crippen LogP contribution in [0.15, 0.2) is 52.7 Å². The quantitative estimate of drug-likeness (QED) is 0.460. The largest absolute Gasteiger partial charge is 0.356 e. The molecule has 3 aromatic rings. The first-order valence-electron chi connectivity index (χ1n) is 9.74. The van der Waals surface area contributed by atoms with E-state index >= 15 is 0 Å². The molecule has 7 nitrogen and oxygen atoms in total. The summed E-state index contributed by atoms with van der Waals surface area (Å²) in [6.07, 6.45) is 2.78. The third-order valence-electron chi connectivity index (χ3n) is 4.60. The number of nitrogens with zero attached hydrogens (tertiary/aromatic N) is 1. The van der Waals surface area contributed by atoms with Crippen LogP contribution in [0.3, 0.4) is 0 Å². The van der Waals surface area contributed by atoms with Gasteiger partial charge in [0.05, 0.1) is 21.2 Å². The Hall–Kier alpha value is -2.75. The Morgan fingerprint density at radius 1 is 1.12 bits per heavy atom. The van der Waals surface area contributed by atoms with Gasteiger partial charge in [0, 0.05) is 30.7 Å². The molecule has 1 aromatic heterocycles. The van der Waals surface area contributed by atoms with Crippen LogP contribution in [0, 0.1) is 0 Å². The molecule has 0 spiro atoms. The van der Waals surface area contributed by atoms with Gasteiger partial charge in [-0.05, 0) is 36.6 Å². The maximum absolute atomic E-state index is 12.6. The zero-order valence-electron chi connectivity index (χ0n) is 17.5. The topological polar surface area (TPSA) is 105 Å². The number of thiazole rings is 1. The lowest BCUT2D eigenvalue weighted by Gasteiger charge is -2.06. The molecule has 10 heteroatoms. The highest BCUT2D eigenvalue weighted by Gasteiger charge is 2.17. The SMILES string of the molecule is CC(=O)NCCCc1ccc(-c2csc(NC(=O)c3cc(S(C)(=O)=O)ccc3Cl)n2)cc1. The molecule has 2 N–H and O–H groups in total. The molecule has 0 saturated carbocycles. The van der Waals surface area contributed by atoms with E-state index in [2.05, 4.69) is 15.6 Å². The van der Waals surface area contributed by atoms with E-state index in [0.29, 0.717) is 17.4 Å². The van der Waals surface area contributed by atoms with Gasteiger partial charge in [-0.3, -0.25) is 14.9 Å². The van der Waals surface area contributed by atoms with Crippen LogP contribution in [-0.4, -0.2) is 38.0 Å². The number of aryl methyl sites for hydroxylation is 1. The van der Waals surface area contributed by atoms with Gasteiger partial charge in [-0.25, -0.2) is 13.4 Å². The van der Waals surface area contributed by atoms with Gasteiger partial charge < -0.3 is 5.32 Å². The molecule has 3 rings (SSSR count). The molecule has 0 aliphatic rings. The van der Waals surface area contributed by atoms with Crippen molar-refractivity contribution in [3.8, 4) is 11.3 Å². The second-order valence-electron chi connectivity index (χ2n) is 7.19. The molecular weight excluding hydrogens is 470 g/mol. The Morgan fingerprint density at radius 2 is 1.84 bits per heavy atom. The first kappa shape index (κ1) is 23.9. The van der Waals surface area contributed by atoms with Crippen molar-refractivity contribution in [1.82, 2.24) is 10.3 Å². The van der Waals surface area contributed by atoms with Crippen LogP contribution in [0.4, 0.5) is 5.13 Å². The molecule has 2 amide bonds. The summed E-state index contributed by atoms with van der Waals surface area (Å²) in [5, 5.41) is 7.82. The third kappa shape index (κ3) is 6.38. The summed E-state index contributed by atoms with van der Waals surface area (Å²) < 4.78 is 23.5. The molecule has 0 aliphatic carbocycles. The summed E-state index contributed by atoms with van der Waals surface area (Å²) in [6.45, 7) is 2.14. The van der Waals surface area contributed by atoms with Gasteiger partial charge in [0.2, 0.25) is 5.91 Å². The molecule has 0 atom stereocenters. The molecule has 2 aromatic carbocycles. The average Bonchev–Trinajstić information content (AvgIpc) is 3.19. The van der Waals surface area contributed by atoms with Crippen molar-refractivity contribution in [2.45, 2.75) is 24.7 Å². The number of rotatable bonds is 8. The van der Waals surface area contributed by atoms with Crippen molar-refractivity contribution >= 4 is 49.7 Å². The van der Waals surface area contributed by atoms with E-state index in [1.165, 1.54) is 36.5 Å². The lowest BCUT2D eigenvalue weighted by atomic mass is 10.1. The summed E-state index contributed by atoms with van der Waals surface area (Å²) in [5.74, 6) is -0.562. The van der Waals surface area contributed by atoms with Gasteiger partial charge in [-0.1, -0.05) is 35.9 Å². The third-order valence-corrected chi connectivity index (χ3v) is 6.80. The Morgan fingerprint density at radius 3 is 2.50 bits per heavy atom. The highest BCUT2D eigenvalue weighted by Crippen LogP contribution is 2.27. The van der Waals surface area contributed by atoms with Crippen LogP contribution >= 0.6 is 22.9 Å². The second-order valence-corrected chi connectivity index (χ2v) is 10.5. The predicted molar refractivity (Wildman–Crippen MR) is 127 cm³/mol. The minimum absolute atomic E-state index is 0.0176. The standard InChI is InChI=1S/C22H22ClN3O4S2/c1-14(27)24-11-3-4-15-5-7-16(8-6-15)20-13-31-22(25-20)26-21(28)18-12-17(32(2,29)30)9-10-19(18)23/h5-10,12-13H,3-4,11H2,1-2H3,(H,24,27)(H,25,26,28). The predicted octanol–water partition coefficient (Wildman–Crippen LogP) is 4.19. The van der Waals surface area contributed by atoms with E-state index < -0.39 is 15.7 Å². The molecule has 168 valence electrons. The van der Waals surface area contributed by atoms with Gasteiger partial charge >= 0.3 is 0 Å². The van der Waals surface area contributed by atoms with Crippen LogP contribution < -0.4 is 10.6 Å². The fraction of sp³-hybridized carbons (Fsp3) is 0.227. The maximum atomic E-state index is 12.6. The first-order chi connectivity index (χ1) is 15.1. The van der Waals surface area contributed by atoms with Crippen molar-refractivity contribution in [3.05, 3.63) is 64.0 Å². The number of benzene rings is 2. The fourth-order valence-corrected chi connectivity index (χ4v) is 4.50. The van der Waals surface area contributed by atoms with Crippen LogP contribution in [0.5, 0.6) is 0 Å². The summed E-state index contributed by atoms with van der Waals surface area (Å²) in [5.41, 5.74) is 2.84. The molecule has 0 unspecified atom stereocenters. The van der Waals surface area contributed by atoms with Gasteiger partial charge in [0.1, 0.15) is 0 Å². The molecular formula is C22H22ClN3O4S2. The van der Waals surface area contributed by atoms with E-state index in [1.54, 1.807) is 0 Å². The summed E-state index contributed by atoms with van der Waals surface area (Å²) in [7, 11) is -3.47. The highest BCUT2D eigenvalue weighted by molar-refractivity contribution is 7.90.